The van der Waals surface area contributed by atoms with Gasteiger partial charge in [0.2, 0.25) is 5.78 Å². The Balaban J connectivity index is 1.16. The van der Waals surface area contributed by atoms with Gasteiger partial charge in [0.1, 0.15) is 11.4 Å². The number of benzene rings is 1. The van der Waals surface area contributed by atoms with E-state index in [4.69, 9.17) is 14.3 Å². The van der Waals surface area contributed by atoms with Crippen LogP contribution in [0.2, 0.25) is 0 Å². The average molecular weight is 525 g/mol. The summed E-state index contributed by atoms with van der Waals surface area (Å²) in [5, 5.41) is 8.17. The number of ether oxygens (including phenoxy) is 2. The Morgan fingerprint density at radius 3 is 2.90 bits per heavy atom. The van der Waals surface area contributed by atoms with E-state index in [2.05, 4.69) is 20.6 Å². The number of pyridine rings is 2. The summed E-state index contributed by atoms with van der Waals surface area (Å²) in [5.74, 6) is 0.744. The number of Topliss-reactive ketones (excluding diaryl/α,β-unsaturated/α-hetero) is 1. The molecule has 11 heteroatoms. The van der Waals surface area contributed by atoms with Crippen LogP contribution in [-0.4, -0.2) is 45.8 Å². The minimum Gasteiger partial charge on any atom is -0.452 e. The number of urea groups is 1. The van der Waals surface area contributed by atoms with Gasteiger partial charge in [-0.1, -0.05) is 0 Å². The van der Waals surface area contributed by atoms with Gasteiger partial charge in [0.05, 0.1) is 41.7 Å². The molecule has 2 N–H and O–H groups in total. The molecule has 11 nitrogen and oxygen atoms in total. The molecule has 7 rings (SSSR count). The van der Waals surface area contributed by atoms with Crippen molar-refractivity contribution in [3.63, 3.8) is 0 Å². The van der Waals surface area contributed by atoms with Gasteiger partial charge >= 0.3 is 6.03 Å². The van der Waals surface area contributed by atoms with Crippen LogP contribution in [0.5, 0.6) is 5.75 Å². The maximum absolute atomic E-state index is 13.3. The number of rotatable bonds is 4. The molecule has 1 aromatic carbocycles. The number of aryl methyl sites for hydroxylation is 1. The third kappa shape index (κ3) is 4.27. The van der Waals surface area contributed by atoms with Crippen molar-refractivity contribution in [2.45, 2.75) is 12.7 Å². The van der Waals surface area contributed by atoms with Crippen molar-refractivity contribution in [2.75, 3.05) is 28.8 Å². The van der Waals surface area contributed by atoms with Crippen LogP contribution in [0.25, 0.3) is 17.1 Å². The normalized spacial score (nSPS) is 20.8. The highest BCUT2D eigenvalue weighted by Crippen LogP contribution is 2.39. The molecule has 2 atom stereocenters. The summed E-state index contributed by atoms with van der Waals surface area (Å²) in [6.07, 6.45) is 9.20. The number of ketones is 1. The van der Waals surface area contributed by atoms with Gasteiger partial charge in [0.25, 0.3) is 0 Å². The van der Waals surface area contributed by atoms with Gasteiger partial charge in [-0.3, -0.25) is 14.8 Å². The number of amides is 2. The second-order valence-corrected chi connectivity index (χ2v) is 9.73. The number of anilines is 3. The topological polar surface area (TPSA) is 120 Å². The Morgan fingerprint density at radius 1 is 1.15 bits per heavy atom. The summed E-state index contributed by atoms with van der Waals surface area (Å²) in [6.45, 7) is 1.40. The number of hydrogen-bond acceptors (Lipinski definition) is 8. The lowest BCUT2D eigenvalue weighted by Gasteiger charge is -2.31. The highest BCUT2D eigenvalue weighted by atomic mass is 16.8. The van der Waals surface area contributed by atoms with E-state index in [-0.39, 0.29) is 17.8 Å². The van der Waals surface area contributed by atoms with Crippen molar-refractivity contribution in [3.8, 4) is 5.75 Å². The highest BCUT2D eigenvalue weighted by molar-refractivity contribution is 6.16. The van der Waals surface area contributed by atoms with Gasteiger partial charge in [-0.05, 0) is 42.5 Å². The van der Waals surface area contributed by atoms with Crippen molar-refractivity contribution in [1.29, 1.82) is 0 Å². The number of allylic oxidation sites excluding steroid dienone is 1. The van der Waals surface area contributed by atoms with E-state index in [1.54, 1.807) is 55.0 Å². The molecule has 3 aromatic heterocycles. The molecule has 0 radical (unpaired) electrons. The maximum atomic E-state index is 13.3. The number of fused-ring (bicyclic) bond motifs is 4. The van der Waals surface area contributed by atoms with Gasteiger partial charge in [-0.25, -0.2) is 14.6 Å². The zero-order chi connectivity index (χ0) is 26.5. The van der Waals surface area contributed by atoms with E-state index < -0.39 is 6.03 Å². The summed E-state index contributed by atoms with van der Waals surface area (Å²) in [6, 6.07) is 9.88. The minimum absolute atomic E-state index is 0.187. The molecule has 3 aliphatic rings. The van der Waals surface area contributed by atoms with Gasteiger partial charge in [0, 0.05) is 49.2 Å². The first kappa shape index (κ1) is 23.4. The van der Waals surface area contributed by atoms with E-state index in [1.165, 1.54) is 0 Å². The first-order chi connectivity index (χ1) is 19.0. The van der Waals surface area contributed by atoms with Crippen LogP contribution in [0.1, 0.15) is 22.3 Å². The lowest BCUT2D eigenvalue weighted by Crippen LogP contribution is -2.37. The molecule has 3 aliphatic heterocycles. The third-order valence-corrected chi connectivity index (χ3v) is 6.98. The molecule has 2 amide bonds. The Bertz CT molecular complexity index is 1640. The minimum atomic E-state index is -0.445. The molecule has 2 fully saturated rings. The second kappa shape index (κ2) is 9.22. The van der Waals surface area contributed by atoms with Crippen molar-refractivity contribution < 1.29 is 23.9 Å². The number of nitrogens with one attached hydrogen (secondary N) is 2. The first-order valence-electron chi connectivity index (χ1n) is 12.6. The number of aromatic nitrogens is 3. The molecular formula is C28H24N6O5. The van der Waals surface area contributed by atoms with Gasteiger partial charge in [0.15, 0.2) is 12.0 Å². The summed E-state index contributed by atoms with van der Waals surface area (Å²) in [5.41, 5.74) is 3.79. The molecule has 6 heterocycles. The van der Waals surface area contributed by atoms with Crippen LogP contribution in [0.4, 0.5) is 21.9 Å². The number of nitrogens with zero attached hydrogens (tertiary/aromatic N) is 4. The van der Waals surface area contributed by atoms with Crippen LogP contribution in [0, 0.1) is 5.92 Å². The van der Waals surface area contributed by atoms with Gasteiger partial charge in [-0.2, -0.15) is 0 Å². The van der Waals surface area contributed by atoms with Crippen LogP contribution in [0.3, 0.4) is 0 Å². The van der Waals surface area contributed by atoms with Crippen molar-refractivity contribution >= 4 is 46.0 Å². The zero-order valence-electron chi connectivity index (χ0n) is 21.0. The lowest BCUT2D eigenvalue weighted by atomic mass is 10.1. The number of carbonyl (C=O) groups excluding carboxylic acids is 2. The number of hydroxylamine groups is 1. The van der Waals surface area contributed by atoms with Crippen LogP contribution >= 0.6 is 0 Å². The average Bonchev–Trinajstić information content (AvgIpc) is 3.56. The molecule has 2 unspecified atom stereocenters. The van der Waals surface area contributed by atoms with Gasteiger partial charge < -0.3 is 24.7 Å². The first-order valence-corrected chi connectivity index (χ1v) is 12.6. The Kier molecular flexibility index (Phi) is 5.53. The van der Waals surface area contributed by atoms with Crippen molar-refractivity contribution in [1.82, 2.24) is 14.5 Å². The van der Waals surface area contributed by atoms with Crippen LogP contribution < -0.4 is 20.4 Å². The Hall–Kier alpha value is -4.74. The molecular weight excluding hydrogens is 500 g/mol. The zero-order valence-corrected chi connectivity index (χ0v) is 21.0. The Morgan fingerprint density at radius 2 is 2.05 bits per heavy atom. The molecule has 0 spiro atoms. The number of carbonyl (C=O) groups is 2. The molecule has 2 bridgehead atoms. The standard InChI is InChI=1S/C28H24N6O5/c1-33-14-17(25-21(6-8-30-27(25)33)34-13-16-9-24(39-34)37-15-16)10-23-26(35)20-11-18(4-5-22(20)38-23)31-28(36)32-19-3-2-7-29-12-19/h2-8,10-12,14,16,24H,9,13,15H2,1H3,(H2,31,32,36). The summed E-state index contributed by atoms with van der Waals surface area (Å²) < 4.78 is 13.6. The predicted octanol–water partition coefficient (Wildman–Crippen LogP) is 4.34. The summed E-state index contributed by atoms with van der Waals surface area (Å²) >= 11 is 0. The Labute approximate surface area is 223 Å². The summed E-state index contributed by atoms with van der Waals surface area (Å²) in [7, 11) is 1.91. The van der Waals surface area contributed by atoms with E-state index in [0.29, 0.717) is 41.8 Å². The highest BCUT2D eigenvalue weighted by Gasteiger charge is 2.36. The predicted molar refractivity (Wildman–Crippen MR) is 143 cm³/mol. The van der Waals surface area contributed by atoms with E-state index in [0.717, 1.165) is 28.7 Å². The van der Waals surface area contributed by atoms with E-state index in [9.17, 15) is 9.59 Å². The SMILES string of the molecule is Cn1cc(C=C2Oc3ccc(NC(=O)Nc4cccnc4)cc3C2=O)c2c(N3CC4COC(C4)O3)ccnc21. The molecule has 4 aromatic rings. The largest absolute Gasteiger partial charge is 0.452 e. The van der Waals surface area contributed by atoms with E-state index in [1.807, 2.05) is 28.9 Å². The summed E-state index contributed by atoms with van der Waals surface area (Å²) in [4.78, 5) is 40.3. The monoisotopic (exact) mass is 524 g/mol. The fourth-order valence-corrected chi connectivity index (χ4v) is 5.20. The smallest absolute Gasteiger partial charge is 0.323 e. The molecule has 196 valence electrons. The van der Waals surface area contributed by atoms with E-state index >= 15 is 0 Å². The fourth-order valence-electron chi connectivity index (χ4n) is 5.20. The quantitative estimate of drug-likeness (QED) is 0.379. The molecule has 0 aliphatic carbocycles. The second-order valence-electron chi connectivity index (χ2n) is 9.73. The molecule has 0 saturated carbocycles. The number of hydrogen-bond donors (Lipinski definition) is 2. The van der Waals surface area contributed by atoms with Crippen LogP contribution in [-0.2, 0) is 16.6 Å². The fraction of sp³-hybridized carbons (Fsp3) is 0.214. The van der Waals surface area contributed by atoms with Gasteiger partial charge in [-0.15, -0.1) is 0 Å². The third-order valence-electron chi connectivity index (χ3n) is 6.98. The lowest BCUT2D eigenvalue weighted by molar-refractivity contribution is -0.121. The molecule has 2 saturated heterocycles. The van der Waals surface area contributed by atoms with Crippen molar-refractivity contribution in [2.24, 2.45) is 13.0 Å². The molecule has 39 heavy (non-hydrogen) atoms. The maximum Gasteiger partial charge on any atom is 0.323 e. The van der Waals surface area contributed by atoms with Crippen molar-refractivity contribution in [3.05, 3.63) is 78.1 Å². The van der Waals surface area contributed by atoms with Crippen LogP contribution in [0.15, 0.2) is 66.9 Å².